The lowest BCUT2D eigenvalue weighted by atomic mass is 9.82. The van der Waals surface area contributed by atoms with E-state index in [0.29, 0.717) is 12.0 Å². The first-order valence-electron chi connectivity index (χ1n) is 7.92. The first-order chi connectivity index (χ1) is 10.9. The number of ether oxygens (including phenoxy) is 2. The molecule has 0 bridgehead atoms. The molecule has 5 nitrogen and oxygen atoms in total. The van der Waals surface area contributed by atoms with Crippen molar-refractivity contribution in [2.75, 3.05) is 6.61 Å². The monoisotopic (exact) mass is 320 g/mol. The van der Waals surface area contributed by atoms with Crippen LogP contribution in [0.4, 0.5) is 0 Å². The summed E-state index contributed by atoms with van der Waals surface area (Å²) in [5.41, 5.74) is -1.04. The third-order valence-electron chi connectivity index (χ3n) is 3.89. The molecule has 1 rings (SSSR count). The van der Waals surface area contributed by atoms with E-state index < -0.39 is 17.4 Å². The normalized spacial score (nSPS) is 11.0. The van der Waals surface area contributed by atoms with Crippen LogP contribution in [0.25, 0.3) is 0 Å². The van der Waals surface area contributed by atoms with Crippen LogP contribution in [0, 0.1) is 5.41 Å². The van der Waals surface area contributed by atoms with Crippen molar-refractivity contribution < 1.29 is 23.9 Å². The molecular weight excluding hydrogens is 296 g/mol. The molecule has 0 aliphatic rings. The number of carbonyl (C=O) groups excluding carboxylic acids is 3. The summed E-state index contributed by atoms with van der Waals surface area (Å²) in [5, 5.41) is 0. The largest absolute Gasteiger partial charge is 0.465 e. The second-order valence-electron chi connectivity index (χ2n) is 5.37. The van der Waals surface area contributed by atoms with Crippen LogP contribution >= 0.6 is 0 Å². The third-order valence-corrected chi connectivity index (χ3v) is 3.89. The number of Topliss-reactive ketones (excluding diaryl/α,β-unsaturated/α-hetero) is 1. The van der Waals surface area contributed by atoms with Crippen molar-refractivity contribution in [3.8, 4) is 5.75 Å². The summed E-state index contributed by atoms with van der Waals surface area (Å²) in [6, 6.07) is 6.49. The van der Waals surface area contributed by atoms with Gasteiger partial charge in [-0.05, 0) is 38.3 Å². The van der Waals surface area contributed by atoms with Crippen LogP contribution in [-0.4, -0.2) is 24.3 Å². The molecule has 0 heterocycles. The molecule has 0 radical (unpaired) electrons. The number of esters is 2. The van der Waals surface area contributed by atoms with Crippen LogP contribution < -0.4 is 4.74 Å². The molecule has 0 aliphatic carbocycles. The number of hydrogen-bond acceptors (Lipinski definition) is 5. The van der Waals surface area contributed by atoms with Gasteiger partial charge >= 0.3 is 11.9 Å². The fraction of sp³-hybridized carbons (Fsp3) is 0.500. The van der Waals surface area contributed by atoms with Gasteiger partial charge in [-0.15, -0.1) is 0 Å². The van der Waals surface area contributed by atoms with Crippen molar-refractivity contribution in [2.24, 2.45) is 5.41 Å². The van der Waals surface area contributed by atoms with Gasteiger partial charge in [0.25, 0.3) is 0 Å². The lowest BCUT2D eigenvalue weighted by Gasteiger charge is -2.27. The Labute approximate surface area is 137 Å². The van der Waals surface area contributed by atoms with Gasteiger partial charge in [0.1, 0.15) is 5.75 Å². The zero-order valence-electron chi connectivity index (χ0n) is 14.2. The first-order valence-corrected chi connectivity index (χ1v) is 7.92. The molecule has 0 N–H and O–H groups in total. The van der Waals surface area contributed by atoms with Gasteiger partial charge in [-0.3, -0.25) is 14.4 Å². The van der Waals surface area contributed by atoms with Crippen LogP contribution in [0.3, 0.4) is 0 Å². The van der Waals surface area contributed by atoms with E-state index in [0.717, 1.165) is 0 Å². The highest BCUT2D eigenvalue weighted by Crippen LogP contribution is 2.32. The SMILES string of the molecule is CCCOC(=O)C(CC)(CC)C(=O)Oc1ccccc1C(C)=O. The number of para-hydroxylation sites is 1. The highest BCUT2D eigenvalue weighted by Gasteiger charge is 2.46. The highest BCUT2D eigenvalue weighted by molar-refractivity contribution is 6.02. The topological polar surface area (TPSA) is 69.7 Å². The molecule has 0 saturated heterocycles. The Kier molecular flexibility index (Phi) is 6.94. The van der Waals surface area contributed by atoms with Crippen molar-refractivity contribution in [1.82, 2.24) is 0 Å². The van der Waals surface area contributed by atoms with E-state index in [1.807, 2.05) is 6.92 Å². The molecule has 5 heteroatoms. The second kappa shape index (κ2) is 8.46. The van der Waals surface area contributed by atoms with Crippen molar-refractivity contribution in [3.63, 3.8) is 0 Å². The van der Waals surface area contributed by atoms with Crippen LogP contribution in [0.5, 0.6) is 5.75 Å². The van der Waals surface area contributed by atoms with E-state index in [9.17, 15) is 14.4 Å². The molecule has 0 aliphatic heterocycles. The van der Waals surface area contributed by atoms with E-state index in [-0.39, 0.29) is 31.0 Å². The van der Waals surface area contributed by atoms with Gasteiger partial charge in [-0.25, -0.2) is 0 Å². The zero-order valence-corrected chi connectivity index (χ0v) is 14.2. The minimum atomic E-state index is -1.35. The molecule has 0 amide bonds. The van der Waals surface area contributed by atoms with Crippen LogP contribution in [0.1, 0.15) is 57.3 Å². The Morgan fingerprint density at radius 2 is 1.61 bits per heavy atom. The van der Waals surface area contributed by atoms with E-state index in [2.05, 4.69) is 0 Å². The molecule has 1 aromatic carbocycles. The summed E-state index contributed by atoms with van der Waals surface area (Å²) in [4.78, 5) is 36.6. The summed E-state index contributed by atoms with van der Waals surface area (Å²) in [6.45, 7) is 7.03. The lowest BCUT2D eigenvalue weighted by Crippen LogP contribution is -2.42. The predicted molar refractivity (Wildman–Crippen MR) is 86.3 cm³/mol. The number of hydrogen-bond donors (Lipinski definition) is 0. The number of ketones is 1. The average Bonchev–Trinajstić information content (AvgIpc) is 2.54. The predicted octanol–water partition coefficient (Wildman–Crippen LogP) is 3.55. The first kappa shape index (κ1) is 18.9. The Morgan fingerprint density at radius 3 is 2.13 bits per heavy atom. The number of benzene rings is 1. The van der Waals surface area contributed by atoms with Gasteiger partial charge in [0.2, 0.25) is 0 Å². The van der Waals surface area contributed by atoms with E-state index >= 15 is 0 Å². The van der Waals surface area contributed by atoms with E-state index in [1.165, 1.54) is 6.92 Å². The molecule has 0 spiro atoms. The molecular formula is C18H24O5. The van der Waals surface area contributed by atoms with Crippen molar-refractivity contribution >= 4 is 17.7 Å². The Hall–Kier alpha value is -2.17. The quantitative estimate of drug-likeness (QED) is 0.317. The highest BCUT2D eigenvalue weighted by atomic mass is 16.6. The van der Waals surface area contributed by atoms with Crippen molar-refractivity contribution in [2.45, 2.75) is 47.0 Å². The number of carbonyl (C=O) groups is 3. The summed E-state index contributed by atoms with van der Waals surface area (Å²) >= 11 is 0. The summed E-state index contributed by atoms with van der Waals surface area (Å²) < 4.78 is 10.6. The smallest absolute Gasteiger partial charge is 0.328 e. The van der Waals surface area contributed by atoms with Crippen molar-refractivity contribution in [1.29, 1.82) is 0 Å². The van der Waals surface area contributed by atoms with Gasteiger partial charge in [0.15, 0.2) is 11.2 Å². The van der Waals surface area contributed by atoms with E-state index in [4.69, 9.17) is 9.47 Å². The fourth-order valence-electron chi connectivity index (χ4n) is 2.29. The molecule has 0 aromatic heterocycles. The molecule has 0 saturated carbocycles. The number of rotatable bonds is 8. The van der Waals surface area contributed by atoms with Crippen LogP contribution in [0.15, 0.2) is 24.3 Å². The fourth-order valence-corrected chi connectivity index (χ4v) is 2.29. The van der Waals surface area contributed by atoms with Gasteiger partial charge in [-0.1, -0.05) is 32.9 Å². The second-order valence-corrected chi connectivity index (χ2v) is 5.37. The third kappa shape index (κ3) is 4.18. The lowest BCUT2D eigenvalue weighted by molar-refractivity contribution is -0.168. The molecule has 0 unspecified atom stereocenters. The molecule has 1 aromatic rings. The Morgan fingerprint density at radius 1 is 1.00 bits per heavy atom. The summed E-state index contributed by atoms with van der Waals surface area (Å²) in [7, 11) is 0. The summed E-state index contributed by atoms with van der Waals surface area (Å²) in [5.74, 6) is -1.30. The minimum Gasteiger partial charge on any atom is -0.465 e. The Bertz CT molecular complexity index is 573. The maximum absolute atomic E-state index is 12.6. The maximum Gasteiger partial charge on any atom is 0.328 e. The summed E-state index contributed by atoms with van der Waals surface area (Å²) in [6.07, 6.45) is 1.22. The van der Waals surface area contributed by atoms with Crippen LogP contribution in [0.2, 0.25) is 0 Å². The van der Waals surface area contributed by atoms with E-state index in [1.54, 1.807) is 38.1 Å². The molecule has 126 valence electrons. The Balaban J connectivity index is 3.08. The molecule has 0 fully saturated rings. The zero-order chi connectivity index (χ0) is 17.5. The van der Waals surface area contributed by atoms with Gasteiger partial charge in [-0.2, -0.15) is 0 Å². The van der Waals surface area contributed by atoms with Crippen LogP contribution in [-0.2, 0) is 14.3 Å². The average molecular weight is 320 g/mol. The van der Waals surface area contributed by atoms with Gasteiger partial charge in [0.05, 0.1) is 12.2 Å². The van der Waals surface area contributed by atoms with Gasteiger partial charge in [0, 0.05) is 0 Å². The molecule has 0 atom stereocenters. The van der Waals surface area contributed by atoms with Crippen molar-refractivity contribution in [3.05, 3.63) is 29.8 Å². The standard InChI is InChI=1S/C18H24O5/c1-5-12-22-16(20)18(6-2,7-3)17(21)23-15-11-9-8-10-14(15)13(4)19/h8-11H,5-7,12H2,1-4H3. The van der Waals surface area contributed by atoms with Gasteiger partial charge < -0.3 is 9.47 Å². The minimum absolute atomic E-state index is 0.166. The maximum atomic E-state index is 12.6. The molecule has 23 heavy (non-hydrogen) atoms.